The predicted molar refractivity (Wildman–Crippen MR) is 101 cm³/mol. The van der Waals surface area contributed by atoms with Crippen LogP contribution in [-0.4, -0.2) is 23.5 Å². The third kappa shape index (κ3) is 3.94. The minimum Gasteiger partial charge on any atom is -0.325 e. The fourth-order valence-corrected chi connectivity index (χ4v) is 3.07. The molecule has 2 aromatic carbocycles. The van der Waals surface area contributed by atoms with Crippen LogP contribution in [0.1, 0.15) is 22.3 Å². The summed E-state index contributed by atoms with van der Waals surface area (Å²) in [5.74, 6) is -5.27. The molecule has 1 fully saturated rings. The summed E-state index contributed by atoms with van der Waals surface area (Å²) in [6.07, 6.45) is 0. The van der Waals surface area contributed by atoms with Gasteiger partial charge in [0.15, 0.2) is 5.92 Å². The third-order valence-corrected chi connectivity index (χ3v) is 4.66. The van der Waals surface area contributed by atoms with Gasteiger partial charge >= 0.3 is 35.5 Å². The second-order valence-corrected chi connectivity index (χ2v) is 6.87. The number of hydrogen-bond acceptors (Lipinski definition) is 4. The summed E-state index contributed by atoms with van der Waals surface area (Å²) in [5, 5.41) is 2.61. The average Bonchev–Trinajstić information content (AvgIpc) is 2.83. The van der Waals surface area contributed by atoms with Crippen LogP contribution in [0.25, 0.3) is 0 Å². The molecular weight excluding hydrogens is 367 g/mol. The topological polar surface area (TPSA) is 83.6 Å². The quantitative estimate of drug-likeness (QED) is 0.337. The number of anilines is 2. The number of nitrogens with one attached hydrogen (secondary N) is 1. The van der Waals surface area contributed by atoms with Crippen LogP contribution in [0.5, 0.6) is 0 Å². The van der Waals surface area contributed by atoms with E-state index in [1.165, 1.54) is 0 Å². The van der Waals surface area contributed by atoms with Gasteiger partial charge in [0.2, 0.25) is 11.7 Å². The van der Waals surface area contributed by atoms with Crippen molar-refractivity contribution in [3.8, 4) is 0 Å². The van der Waals surface area contributed by atoms with Crippen LogP contribution in [0.4, 0.5) is 11.4 Å². The first-order valence-corrected chi connectivity index (χ1v) is 8.58. The number of benzene rings is 2. The molecule has 1 aliphatic heterocycles. The Morgan fingerprint density at radius 1 is 0.893 bits per heavy atom. The van der Waals surface area contributed by atoms with E-state index in [0.29, 0.717) is 16.9 Å². The van der Waals surface area contributed by atoms with Crippen molar-refractivity contribution >= 4 is 34.9 Å². The number of aryl methyl sites for hydroxylation is 4. The van der Waals surface area contributed by atoms with Gasteiger partial charge in [0, 0.05) is 5.69 Å². The van der Waals surface area contributed by atoms with Crippen LogP contribution < -0.4 is 39.8 Å². The van der Waals surface area contributed by atoms with Gasteiger partial charge in [-0.05, 0) is 62.1 Å². The fourth-order valence-electron chi connectivity index (χ4n) is 3.07. The molecule has 1 heterocycles. The van der Waals surface area contributed by atoms with Gasteiger partial charge in [-0.1, -0.05) is 24.3 Å². The van der Waals surface area contributed by atoms with Crippen molar-refractivity contribution in [3.05, 3.63) is 58.7 Å². The number of hydrogen-bond donors (Lipinski definition) is 1. The Bertz CT molecular complexity index is 1000. The Hall–Kier alpha value is -2.28. The van der Waals surface area contributed by atoms with Crippen LogP contribution in [-0.2, 0) is 19.2 Å². The summed E-state index contributed by atoms with van der Waals surface area (Å²) in [5.41, 5.74) is 4.08. The number of ketones is 1. The second kappa shape index (κ2) is 8.39. The molecule has 6 nitrogen and oxygen atoms in total. The monoisotopic (exact) mass is 387 g/mol. The number of amides is 3. The maximum atomic E-state index is 12.8. The fraction of sp³-hybridized carbons (Fsp3) is 0.238. The van der Waals surface area contributed by atoms with E-state index in [0.717, 1.165) is 21.6 Å². The van der Waals surface area contributed by atoms with E-state index in [-0.39, 0.29) is 29.6 Å². The van der Waals surface area contributed by atoms with Crippen LogP contribution in [0.15, 0.2) is 36.4 Å². The number of Topliss-reactive ketones (excluding diaryl/α,β-unsaturated/α-hetero) is 1. The zero-order chi connectivity index (χ0) is 19.9. The molecule has 1 N–H and O–H groups in total. The van der Waals surface area contributed by atoms with E-state index < -0.39 is 29.4 Å². The molecule has 138 valence electrons. The summed E-state index contributed by atoms with van der Waals surface area (Å²) in [6, 6.07) is 10.7. The third-order valence-electron chi connectivity index (χ3n) is 4.66. The van der Waals surface area contributed by atoms with Gasteiger partial charge in [0.05, 0.1) is 5.69 Å². The van der Waals surface area contributed by atoms with E-state index in [1.807, 2.05) is 32.0 Å². The van der Waals surface area contributed by atoms with Crippen LogP contribution in [0.2, 0.25) is 0 Å². The van der Waals surface area contributed by atoms with Gasteiger partial charge in [0.25, 0.3) is 5.91 Å². The van der Waals surface area contributed by atoms with Crippen molar-refractivity contribution in [1.29, 1.82) is 0 Å². The molecule has 1 aliphatic rings. The molecule has 7 heteroatoms. The maximum absolute atomic E-state index is 12.8. The molecule has 0 saturated carbocycles. The van der Waals surface area contributed by atoms with Crippen LogP contribution in [0, 0.1) is 33.6 Å². The molecule has 2 aromatic rings. The molecule has 1 unspecified atom stereocenters. The van der Waals surface area contributed by atoms with E-state index >= 15 is 0 Å². The molecule has 0 aromatic heterocycles. The van der Waals surface area contributed by atoms with Crippen molar-refractivity contribution in [2.45, 2.75) is 27.7 Å². The van der Waals surface area contributed by atoms with Crippen molar-refractivity contribution in [2.75, 3.05) is 10.2 Å². The van der Waals surface area contributed by atoms with E-state index in [2.05, 4.69) is 5.32 Å². The first kappa shape index (κ1) is 22.0. The smallest absolute Gasteiger partial charge is 0.325 e. The maximum Gasteiger partial charge on any atom is 1.00 e. The minimum absolute atomic E-state index is 0. The molecule has 1 atom stereocenters. The van der Waals surface area contributed by atoms with E-state index in [9.17, 15) is 19.2 Å². The van der Waals surface area contributed by atoms with Gasteiger partial charge in [-0.15, -0.1) is 0 Å². The average molecular weight is 387 g/mol. The van der Waals surface area contributed by atoms with E-state index in [4.69, 9.17) is 0 Å². The zero-order valence-electron chi connectivity index (χ0n) is 16.6. The molecule has 1 saturated heterocycles. The summed E-state index contributed by atoms with van der Waals surface area (Å²) < 4.78 is 0. The largest absolute Gasteiger partial charge is 1.00 e. The molecule has 3 rings (SSSR count). The molecule has 0 aliphatic carbocycles. The van der Waals surface area contributed by atoms with Crippen molar-refractivity contribution in [3.63, 3.8) is 0 Å². The van der Waals surface area contributed by atoms with Gasteiger partial charge in [-0.2, -0.15) is 0 Å². The standard InChI is InChI=1S/C21H20N2O4.Na/c1-11-5-7-13(3)15(9-11)22-19(25)17-18(24)21(27)23(20(17)26)16-10-12(2)6-8-14(16)4;/h5-10,17H,1-4H3,(H,22,25);/q;+1. The summed E-state index contributed by atoms with van der Waals surface area (Å²) in [7, 11) is 0. The van der Waals surface area contributed by atoms with Crippen LogP contribution in [0.3, 0.4) is 0 Å². The SMILES string of the molecule is Cc1ccc(C)c(NC(=O)C2C(=O)C(=O)N(c3cc(C)ccc3C)C2=O)c1.[Na+]. The van der Waals surface area contributed by atoms with Crippen LogP contribution >= 0.6 is 0 Å². The summed E-state index contributed by atoms with van der Waals surface area (Å²) in [6.45, 7) is 7.23. The zero-order valence-corrected chi connectivity index (χ0v) is 18.6. The second-order valence-electron chi connectivity index (χ2n) is 6.87. The number of imide groups is 1. The minimum atomic E-state index is -1.67. The number of carbonyl (C=O) groups excluding carboxylic acids is 4. The molecular formula is C21H20N2NaO4+. The Morgan fingerprint density at radius 3 is 2.11 bits per heavy atom. The van der Waals surface area contributed by atoms with Crippen molar-refractivity contribution in [1.82, 2.24) is 0 Å². The summed E-state index contributed by atoms with van der Waals surface area (Å²) in [4.78, 5) is 51.1. The van der Waals surface area contributed by atoms with Crippen molar-refractivity contribution in [2.24, 2.45) is 5.92 Å². The Labute approximate surface area is 185 Å². The number of rotatable bonds is 3. The first-order valence-electron chi connectivity index (χ1n) is 8.58. The Morgan fingerprint density at radius 2 is 1.46 bits per heavy atom. The number of carbonyl (C=O) groups is 4. The van der Waals surface area contributed by atoms with E-state index in [1.54, 1.807) is 32.0 Å². The Kier molecular flexibility index (Phi) is 6.59. The molecule has 0 radical (unpaired) electrons. The Balaban J connectivity index is 0.00000280. The normalized spacial score (nSPS) is 16.2. The predicted octanol–water partition coefficient (Wildman–Crippen LogP) is -0.379. The van der Waals surface area contributed by atoms with Crippen molar-refractivity contribution < 1.29 is 48.7 Å². The first-order chi connectivity index (χ1) is 12.7. The van der Waals surface area contributed by atoms with Gasteiger partial charge in [-0.25, -0.2) is 4.90 Å². The van der Waals surface area contributed by atoms with Gasteiger partial charge in [0.1, 0.15) is 0 Å². The molecule has 0 bridgehead atoms. The molecule has 0 spiro atoms. The molecule has 3 amide bonds. The van der Waals surface area contributed by atoms with Gasteiger partial charge in [-0.3, -0.25) is 19.2 Å². The number of nitrogens with zero attached hydrogens (tertiary/aromatic N) is 1. The molecule has 28 heavy (non-hydrogen) atoms. The van der Waals surface area contributed by atoms with Gasteiger partial charge < -0.3 is 5.32 Å². The summed E-state index contributed by atoms with van der Waals surface area (Å²) >= 11 is 0.